The lowest BCUT2D eigenvalue weighted by atomic mass is 10.2. The van der Waals surface area contributed by atoms with E-state index in [1.165, 1.54) is 13.2 Å². The third-order valence-electron chi connectivity index (χ3n) is 2.24. The number of ether oxygens (including phenoxy) is 2. The zero-order valence-electron chi connectivity index (χ0n) is 12.4. The molecule has 0 aliphatic heterocycles. The van der Waals surface area contributed by atoms with Gasteiger partial charge in [-0.25, -0.2) is 4.79 Å². The lowest BCUT2D eigenvalue weighted by Crippen LogP contribution is -2.48. The van der Waals surface area contributed by atoms with Crippen molar-refractivity contribution in [3.8, 4) is 0 Å². The van der Waals surface area contributed by atoms with Crippen LogP contribution >= 0.6 is 0 Å². The molecule has 0 aliphatic carbocycles. The van der Waals surface area contributed by atoms with Gasteiger partial charge >= 0.3 is 12.1 Å². The summed E-state index contributed by atoms with van der Waals surface area (Å²) in [7, 11) is 1.23. The Kier molecular flexibility index (Phi) is 7.86. The van der Waals surface area contributed by atoms with Crippen molar-refractivity contribution in [2.45, 2.75) is 38.5 Å². The van der Waals surface area contributed by atoms with Crippen LogP contribution in [0.5, 0.6) is 0 Å². The number of nitrogens with one attached hydrogen (secondary N) is 2. The summed E-state index contributed by atoms with van der Waals surface area (Å²) in [6, 6.07) is -1.29. The predicted octanol–water partition coefficient (Wildman–Crippen LogP) is 0.189. The van der Waals surface area contributed by atoms with Crippen LogP contribution in [0.3, 0.4) is 0 Å². The van der Waals surface area contributed by atoms with Gasteiger partial charge in [0.1, 0.15) is 11.6 Å². The molecule has 0 saturated carbocycles. The van der Waals surface area contributed by atoms with Gasteiger partial charge in [0.15, 0.2) is 0 Å². The van der Waals surface area contributed by atoms with Gasteiger partial charge in [-0.2, -0.15) is 0 Å². The number of rotatable bonds is 7. The molecule has 0 rings (SSSR count). The summed E-state index contributed by atoms with van der Waals surface area (Å²) in [5.41, 5.74) is -0.594. The smallest absolute Gasteiger partial charge is 0.408 e. The van der Waals surface area contributed by atoms with Gasteiger partial charge in [-0.1, -0.05) is 6.08 Å². The van der Waals surface area contributed by atoms with E-state index in [2.05, 4.69) is 21.9 Å². The summed E-state index contributed by atoms with van der Waals surface area (Å²) in [4.78, 5) is 22.9. The predicted molar refractivity (Wildman–Crippen MR) is 74.2 cm³/mol. The van der Waals surface area contributed by atoms with Gasteiger partial charge in [0.05, 0.1) is 19.8 Å². The Morgan fingerprint density at radius 3 is 2.40 bits per heavy atom. The van der Waals surface area contributed by atoms with E-state index in [0.717, 1.165) is 0 Å². The van der Waals surface area contributed by atoms with Crippen LogP contribution in [0.25, 0.3) is 0 Å². The van der Waals surface area contributed by atoms with Crippen molar-refractivity contribution in [2.24, 2.45) is 0 Å². The third kappa shape index (κ3) is 7.75. The van der Waals surface area contributed by atoms with Crippen molar-refractivity contribution in [3.63, 3.8) is 0 Å². The van der Waals surface area contributed by atoms with Gasteiger partial charge in [-0.15, -0.1) is 6.58 Å². The van der Waals surface area contributed by atoms with Crippen molar-refractivity contribution >= 4 is 12.1 Å². The van der Waals surface area contributed by atoms with Crippen molar-refractivity contribution in [1.29, 1.82) is 0 Å². The molecular weight excluding hydrogens is 264 g/mol. The van der Waals surface area contributed by atoms with Crippen LogP contribution in [0.4, 0.5) is 4.79 Å². The molecular formula is C13H24N2O5. The number of alkyl carbamates (subject to hydrolysis) is 1. The fourth-order valence-corrected chi connectivity index (χ4v) is 1.29. The highest BCUT2D eigenvalue weighted by Gasteiger charge is 2.21. The molecule has 0 aromatic carbocycles. The fourth-order valence-electron chi connectivity index (χ4n) is 1.29. The van der Waals surface area contributed by atoms with Crippen LogP contribution in [0, 0.1) is 0 Å². The number of carbonyl (C=O) groups is 2. The highest BCUT2D eigenvalue weighted by molar-refractivity contribution is 5.75. The molecule has 2 atom stereocenters. The quantitative estimate of drug-likeness (QED) is 0.457. The molecule has 0 aromatic rings. The van der Waals surface area contributed by atoms with Gasteiger partial charge in [-0.3, -0.25) is 4.79 Å². The number of aliphatic hydroxyl groups is 1. The van der Waals surface area contributed by atoms with Crippen LogP contribution in [-0.4, -0.2) is 55.1 Å². The summed E-state index contributed by atoms with van der Waals surface area (Å²) in [6.07, 6.45) is 0.922. The van der Waals surface area contributed by atoms with Gasteiger partial charge in [0, 0.05) is 6.54 Å². The van der Waals surface area contributed by atoms with Crippen LogP contribution < -0.4 is 10.6 Å². The van der Waals surface area contributed by atoms with Gasteiger partial charge in [-0.05, 0) is 20.8 Å². The Morgan fingerprint density at radius 1 is 1.40 bits per heavy atom. The van der Waals surface area contributed by atoms with Gasteiger partial charge in [0.25, 0.3) is 0 Å². The fraction of sp³-hybridized carbons (Fsp3) is 0.692. The Morgan fingerprint density at radius 2 is 2.00 bits per heavy atom. The van der Waals surface area contributed by atoms with Gasteiger partial charge in [0.2, 0.25) is 0 Å². The summed E-state index contributed by atoms with van der Waals surface area (Å²) >= 11 is 0. The molecule has 1 amide bonds. The second kappa shape index (κ2) is 8.55. The van der Waals surface area contributed by atoms with Crippen molar-refractivity contribution in [1.82, 2.24) is 10.6 Å². The Balaban J connectivity index is 4.31. The number of carbonyl (C=O) groups excluding carboxylic acids is 2. The lowest BCUT2D eigenvalue weighted by molar-refractivity contribution is -0.144. The largest absolute Gasteiger partial charge is 0.468 e. The minimum absolute atomic E-state index is 0.211. The highest BCUT2D eigenvalue weighted by atomic mass is 16.6. The maximum absolute atomic E-state index is 11.6. The van der Waals surface area contributed by atoms with Crippen LogP contribution in [-0.2, 0) is 14.3 Å². The third-order valence-corrected chi connectivity index (χ3v) is 2.24. The van der Waals surface area contributed by atoms with E-state index in [4.69, 9.17) is 9.84 Å². The molecule has 0 aliphatic rings. The Bertz CT molecular complexity index is 338. The topological polar surface area (TPSA) is 96.9 Å². The number of aliphatic hydroxyl groups excluding tert-OH is 1. The highest BCUT2D eigenvalue weighted by Crippen LogP contribution is 2.06. The van der Waals surface area contributed by atoms with Crippen molar-refractivity contribution < 1.29 is 24.2 Å². The number of methoxy groups -OCH3 is 1. The van der Waals surface area contributed by atoms with Gasteiger partial charge < -0.3 is 25.2 Å². The Hall–Kier alpha value is -1.60. The van der Waals surface area contributed by atoms with Crippen molar-refractivity contribution in [2.75, 3.05) is 20.3 Å². The Labute approximate surface area is 119 Å². The zero-order chi connectivity index (χ0) is 15.8. The molecule has 20 heavy (non-hydrogen) atoms. The molecule has 7 nitrogen and oxygen atoms in total. The lowest BCUT2D eigenvalue weighted by Gasteiger charge is -2.23. The first-order valence-electron chi connectivity index (χ1n) is 6.27. The van der Waals surface area contributed by atoms with E-state index in [-0.39, 0.29) is 6.54 Å². The molecule has 0 aromatic heterocycles. The molecule has 0 radical (unpaired) electrons. The average molecular weight is 288 g/mol. The molecule has 0 unspecified atom stereocenters. The number of hydrogen-bond donors (Lipinski definition) is 3. The van der Waals surface area contributed by atoms with E-state index in [1.807, 2.05) is 0 Å². The normalized spacial score (nSPS) is 14.1. The molecule has 0 fully saturated rings. The monoisotopic (exact) mass is 288 g/mol. The van der Waals surface area contributed by atoms with E-state index >= 15 is 0 Å². The maximum Gasteiger partial charge on any atom is 0.408 e. The number of hydrogen-bond acceptors (Lipinski definition) is 6. The molecule has 0 bridgehead atoms. The summed E-state index contributed by atoms with van der Waals surface area (Å²) < 4.78 is 9.62. The summed E-state index contributed by atoms with van der Waals surface area (Å²) in [6.45, 7) is 8.67. The molecule has 116 valence electrons. The van der Waals surface area contributed by atoms with Crippen molar-refractivity contribution in [3.05, 3.63) is 12.7 Å². The number of amides is 1. The molecule has 3 N–H and O–H groups in total. The first kappa shape index (κ1) is 18.4. The van der Waals surface area contributed by atoms with Crippen LogP contribution in [0.15, 0.2) is 12.7 Å². The van der Waals surface area contributed by atoms with E-state index < -0.39 is 36.4 Å². The average Bonchev–Trinajstić information content (AvgIpc) is 2.35. The minimum Gasteiger partial charge on any atom is -0.468 e. The van der Waals surface area contributed by atoms with Crippen LogP contribution in [0.1, 0.15) is 20.8 Å². The first-order chi connectivity index (χ1) is 9.23. The van der Waals surface area contributed by atoms with E-state index in [0.29, 0.717) is 0 Å². The maximum atomic E-state index is 11.6. The zero-order valence-corrected chi connectivity index (χ0v) is 12.4. The second-order valence-electron chi connectivity index (χ2n) is 5.15. The standard InChI is InChI=1S/C13H24N2O5/c1-6-9(15-12(18)20-13(2,3)4)7-14-10(8-16)11(17)19-5/h6,9-10,14,16H,1,7-8H2,2-5H3,(H,15,18)/t9-,10-/m0/s1. The van der Waals surface area contributed by atoms with E-state index in [1.54, 1.807) is 20.8 Å². The SMILES string of the molecule is C=C[C@@H](CN[C@@H](CO)C(=O)OC)NC(=O)OC(C)(C)C. The summed E-state index contributed by atoms with van der Waals surface area (Å²) in [5, 5.41) is 14.4. The molecule has 0 spiro atoms. The van der Waals surface area contributed by atoms with Crippen LogP contribution in [0.2, 0.25) is 0 Å². The number of esters is 1. The second-order valence-corrected chi connectivity index (χ2v) is 5.15. The summed E-state index contributed by atoms with van der Waals surface area (Å²) in [5.74, 6) is -0.576. The van der Waals surface area contributed by atoms with E-state index in [9.17, 15) is 9.59 Å². The molecule has 0 saturated heterocycles. The first-order valence-corrected chi connectivity index (χ1v) is 6.27. The molecule has 7 heteroatoms. The molecule has 0 heterocycles. The minimum atomic E-state index is -0.845.